The quantitative estimate of drug-likeness (QED) is 0.535. The summed E-state index contributed by atoms with van der Waals surface area (Å²) in [6.45, 7) is 1.85. The highest BCUT2D eigenvalue weighted by Crippen LogP contribution is 2.26. The number of benzene rings is 2. The van der Waals surface area contributed by atoms with Gasteiger partial charge in [0, 0.05) is 5.02 Å². The number of hydrogen-bond acceptors (Lipinski definition) is 4. The van der Waals surface area contributed by atoms with Crippen LogP contribution in [0.3, 0.4) is 0 Å². The zero-order chi connectivity index (χ0) is 19.6. The topological polar surface area (TPSA) is 60.7 Å². The van der Waals surface area contributed by atoms with Gasteiger partial charge in [-0.3, -0.25) is 9.59 Å². The van der Waals surface area contributed by atoms with Gasteiger partial charge in [0.1, 0.15) is 6.54 Å². The molecular formula is C18H13Cl3N2O3S. The number of carbonyl (C=O) groups is 2. The molecule has 1 heterocycles. The molecule has 27 heavy (non-hydrogen) atoms. The molecule has 0 fully saturated rings. The van der Waals surface area contributed by atoms with Gasteiger partial charge < -0.3 is 9.30 Å². The molecule has 0 aliphatic rings. The number of nitrogens with zero attached hydrogens (tertiary/aromatic N) is 2. The Labute approximate surface area is 173 Å². The lowest BCUT2D eigenvalue weighted by atomic mass is 10.2. The van der Waals surface area contributed by atoms with Gasteiger partial charge in [-0.2, -0.15) is 4.99 Å². The van der Waals surface area contributed by atoms with Crippen molar-refractivity contribution >= 4 is 68.2 Å². The summed E-state index contributed by atoms with van der Waals surface area (Å²) in [5, 5.41) is 1.06. The highest BCUT2D eigenvalue weighted by Gasteiger charge is 2.16. The second-order valence-corrected chi connectivity index (χ2v) is 7.66. The van der Waals surface area contributed by atoms with E-state index in [1.807, 2.05) is 6.07 Å². The largest absolute Gasteiger partial charge is 0.465 e. The van der Waals surface area contributed by atoms with Crippen molar-refractivity contribution in [2.75, 3.05) is 6.61 Å². The third-order valence-electron chi connectivity index (χ3n) is 3.60. The van der Waals surface area contributed by atoms with E-state index in [0.717, 1.165) is 4.70 Å². The number of halogens is 3. The number of para-hydroxylation sites is 1. The van der Waals surface area contributed by atoms with E-state index in [0.29, 0.717) is 20.4 Å². The molecule has 0 N–H and O–H groups in total. The molecule has 3 rings (SSSR count). The van der Waals surface area contributed by atoms with Gasteiger partial charge in [0.15, 0.2) is 4.80 Å². The first-order valence-electron chi connectivity index (χ1n) is 7.88. The molecular weight excluding hydrogens is 431 g/mol. The van der Waals surface area contributed by atoms with Gasteiger partial charge in [-0.05, 0) is 37.3 Å². The van der Waals surface area contributed by atoms with Crippen LogP contribution in [0.2, 0.25) is 15.1 Å². The van der Waals surface area contributed by atoms with E-state index in [1.54, 1.807) is 29.7 Å². The fourth-order valence-corrected chi connectivity index (χ4v) is 4.22. The lowest BCUT2D eigenvalue weighted by molar-refractivity contribution is -0.143. The van der Waals surface area contributed by atoms with Crippen LogP contribution in [0.1, 0.15) is 17.3 Å². The number of hydrogen-bond donors (Lipinski definition) is 0. The summed E-state index contributed by atoms with van der Waals surface area (Å²) in [5.41, 5.74) is 0.788. The first-order valence-corrected chi connectivity index (χ1v) is 9.83. The number of rotatable bonds is 4. The first kappa shape index (κ1) is 19.9. The van der Waals surface area contributed by atoms with Crippen molar-refractivity contribution in [1.82, 2.24) is 4.57 Å². The van der Waals surface area contributed by atoms with Crippen LogP contribution in [0.25, 0.3) is 10.2 Å². The zero-order valence-corrected chi connectivity index (χ0v) is 17.1. The maximum absolute atomic E-state index is 12.6. The lowest BCUT2D eigenvalue weighted by Gasteiger charge is -2.06. The van der Waals surface area contributed by atoms with Gasteiger partial charge >= 0.3 is 5.97 Å². The Morgan fingerprint density at radius 1 is 1.15 bits per heavy atom. The SMILES string of the molecule is CCOC(=O)Cn1c(=NC(=O)c2cc(Cl)ccc2Cl)sc2cccc(Cl)c21. The van der Waals surface area contributed by atoms with Gasteiger partial charge in [0.05, 0.1) is 32.4 Å². The molecule has 9 heteroatoms. The highest BCUT2D eigenvalue weighted by molar-refractivity contribution is 7.16. The smallest absolute Gasteiger partial charge is 0.326 e. The molecule has 0 aliphatic carbocycles. The van der Waals surface area contributed by atoms with Crippen molar-refractivity contribution in [3.63, 3.8) is 0 Å². The molecule has 0 saturated carbocycles. The Morgan fingerprint density at radius 3 is 2.67 bits per heavy atom. The summed E-state index contributed by atoms with van der Waals surface area (Å²) in [6.07, 6.45) is 0. The van der Waals surface area contributed by atoms with Crippen molar-refractivity contribution in [3.8, 4) is 0 Å². The molecule has 0 unspecified atom stereocenters. The number of fused-ring (bicyclic) bond motifs is 1. The summed E-state index contributed by atoms with van der Waals surface area (Å²) in [6, 6.07) is 9.89. The molecule has 0 saturated heterocycles. The Balaban J connectivity index is 2.16. The van der Waals surface area contributed by atoms with E-state index < -0.39 is 11.9 Å². The fourth-order valence-electron chi connectivity index (χ4n) is 2.46. The van der Waals surface area contributed by atoms with Crippen molar-refractivity contribution in [3.05, 3.63) is 61.8 Å². The van der Waals surface area contributed by atoms with Crippen LogP contribution < -0.4 is 4.80 Å². The number of ether oxygens (including phenoxy) is 1. The van der Waals surface area contributed by atoms with Crippen LogP contribution in [-0.4, -0.2) is 23.1 Å². The van der Waals surface area contributed by atoms with E-state index in [-0.39, 0.29) is 23.7 Å². The monoisotopic (exact) mass is 442 g/mol. The maximum Gasteiger partial charge on any atom is 0.326 e. The molecule has 140 valence electrons. The van der Waals surface area contributed by atoms with Crippen molar-refractivity contribution < 1.29 is 14.3 Å². The lowest BCUT2D eigenvalue weighted by Crippen LogP contribution is -2.23. The Morgan fingerprint density at radius 2 is 1.93 bits per heavy atom. The molecule has 1 amide bonds. The molecule has 3 aromatic rings. The van der Waals surface area contributed by atoms with Crippen LogP contribution >= 0.6 is 46.1 Å². The summed E-state index contributed by atoms with van der Waals surface area (Å²) >= 11 is 19.6. The number of carbonyl (C=O) groups excluding carboxylic acids is 2. The van der Waals surface area contributed by atoms with E-state index in [4.69, 9.17) is 39.5 Å². The standard InChI is InChI=1S/C18H13Cl3N2O3S/c1-2-26-15(24)9-23-16-13(21)4-3-5-14(16)27-18(23)22-17(25)11-8-10(19)6-7-12(11)20/h3-8H,2,9H2,1H3. The average molecular weight is 444 g/mol. The van der Waals surface area contributed by atoms with Crippen molar-refractivity contribution in [1.29, 1.82) is 0 Å². The third-order valence-corrected chi connectivity index (χ3v) is 5.51. The predicted octanol–water partition coefficient (Wildman–Crippen LogP) is 4.97. The van der Waals surface area contributed by atoms with Crippen molar-refractivity contribution in [2.45, 2.75) is 13.5 Å². The molecule has 5 nitrogen and oxygen atoms in total. The summed E-state index contributed by atoms with van der Waals surface area (Å²) in [5.74, 6) is -1.02. The molecule has 0 atom stereocenters. The van der Waals surface area contributed by atoms with Gasteiger partial charge in [-0.1, -0.05) is 52.2 Å². The second-order valence-electron chi connectivity index (χ2n) is 5.40. The minimum Gasteiger partial charge on any atom is -0.465 e. The van der Waals surface area contributed by atoms with Gasteiger partial charge in [-0.15, -0.1) is 0 Å². The van der Waals surface area contributed by atoms with Gasteiger partial charge in [0.25, 0.3) is 5.91 Å². The first-order chi connectivity index (χ1) is 12.9. The number of thiazole rings is 1. The number of aromatic nitrogens is 1. The van der Waals surface area contributed by atoms with Gasteiger partial charge in [-0.25, -0.2) is 0 Å². The third kappa shape index (κ3) is 4.35. The van der Waals surface area contributed by atoms with Crippen LogP contribution in [0.4, 0.5) is 0 Å². The Bertz CT molecular complexity index is 1100. The number of amides is 1. The maximum atomic E-state index is 12.6. The van der Waals surface area contributed by atoms with Crippen LogP contribution in [-0.2, 0) is 16.1 Å². The average Bonchev–Trinajstić information content (AvgIpc) is 2.95. The minimum atomic E-state index is -0.567. The van der Waals surface area contributed by atoms with E-state index in [9.17, 15) is 9.59 Å². The van der Waals surface area contributed by atoms with E-state index >= 15 is 0 Å². The normalized spacial score (nSPS) is 11.8. The molecule has 0 aliphatic heterocycles. The zero-order valence-electron chi connectivity index (χ0n) is 14.0. The van der Waals surface area contributed by atoms with Crippen molar-refractivity contribution in [2.24, 2.45) is 4.99 Å². The molecule has 2 aromatic carbocycles. The van der Waals surface area contributed by atoms with Crippen LogP contribution in [0.5, 0.6) is 0 Å². The molecule has 0 bridgehead atoms. The fraction of sp³-hybridized carbons (Fsp3) is 0.167. The Kier molecular flexibility index (Phi) is 6.22. The summed E-state index contributed by atoms with van der Waals surface area (Å²) in [7, 11) is 0. The highest BCUT2D eigenvalue weighted by atomic mass is 35.5. The molecule has 0 spiro atoms. The molecule has 0 radical (unpaired) electrons. The van der Waals surface area contributed by atoms with E-state index in [1.165, 1.54) is 23.5 Å². The predicted molar refractivity (Wildman–Crippen MR) is 108 cm³/mol. The van der Waals surface area contributed by atoms with Crippen LogP contribution in [0, 0.1) is 0 Å². The summed E-state index contributed by atoms with van der Waals surface area (Å²) < 4.78 is 7.37. The van der Waals surface area contributed by atoms with E-state index in [2.05, 4.69) is 4.99 Å². The second kappa shape index (κ2) is 8.44. The minimum absolute atomic E-state index is 0.118. The van der Waals surface area contributed by atoms with Gasteiger partial charge in [0.2, 0.25) is 0 Å². The Hall–Kier alpha value is -1.86. The molecule has 1 aromatic heterocycles. The summed E-state index contributed by atoms with van der Waals surface area (Å²) in [4.78, 5) is 29.1. The van der Waals surface area contributed by atoms with Crippen LogP contribution in [0.15, 0.2) is 41.4 Å². The number of esters is 1.